The molecule has 1 amide bonds. The lowest BCUT2D eigenvalue weighted by Gasteiger charge is -2.34. The highest BCUT2D eigenvalue weighted by atomic mass is 32.2. The molecule has 0 spiro atoms. The fraction of sp³-hybridized carbons (Fsp3) is 0.600. The second kappa shape index (κ2) is 7.25. The zero-order chi connectivity index (χ0) is 16.1. The summed E-state index contributed by atoms with van der Waals surface area (Å²) in [5, 5.41) is 10.4. The number of sulfonamides is 1. The Morgan fingerprint density at radius 1 is 1.36 bits per heavy atom. The van der Waals surface area contributed by atoms with Crippen LogP contribution in [0.1, 0.15) is 49.8 Å². The molecule has 7 heteroatoms. The molecule has 22 heavy (non-hydrogen) atoms. The van der Waals surface area contributed by atoms with Gasteiger partial charge < -0.3 is 0 Å². The summed E-state index contributed by atoms with van der Waals surface area (Å²) in [6.45, 7) is 0. The van der Waals surface area contributed by atoms with Gasteiger partial charge in [0.25, 0.3) is 0 Å². The van der Waals surface area contributed by atoms with E-state index in [4.69, 9.17) is 5.26 Å². The third-order valence-electron chi connectivity index (χ3n) is 4.08. The average molecular weight is 340 g/mol. The third-order valence-corrected chi connectivity index (χ3v) is 6.48. The van der Waals surface area contributed by atoms with Gasteiger partial charge in [-0.25, -0.2) is 8.42 Å². The third kappa shape index (κ3) is 3.87. The Bertz CT molecular complexity index is 639. The SMILES string of the molecule is N#CCCCS(=O)(=O)NC(=O)C1(c2cccs2)CCCCC1. The number of carbonyl (C=O) groups excluding carboxylic acids is 1. The number of rotatable bonds is 6. The van der Waals surface area contributed by atoms with Gasteiger partial charge in [0.1, 0.15) is 0 Å². The van der Waals surface area contributed by atoms with Crippen molar-refractivity contribution in [3.8, 4) is 6.07 Å². The molecule has 0 bridgehead atoms. The minimum absolute atomic E-state index is 0.172. The predicted octanol–water partition coefficient (Wildman–Crippen LogP) is 2.70. The molecule has 1 aromatic heterocycles. The van der Waals surface area contributed by atoms with E-state index in [0.717, 1.165) is 24.1 Å². The number of nitriles is 1. The molecule has 120 valence electrons. The lowest BCUT2D eigenvalue weighted by atomic mass is 9.72. The van der Waals surface area contributed by atoms with Crippen LogP contribution < -0.4 is 4.72 Å². The maximum atomic E-state index is 12.7. The predicted molar refractivity (Wildman–Crippen MR) is 85.9 cm³/mol. The molecule has 2 rings (SSSR count). The van der Waals surface area contributed by atoms with Crippen LogP contribution in [0.5, 0.6) is 0 Å². The van der Waals surface area contributed by atoms with Crippen LogP contribution in [-0.2, 0) is 20.2 Å². The largest absolute Gasteiger partial charge is 0.273 e. The summed E-state index contributed by atoms with van der Waals surface area (Å²) in [6.07, 6.45) is 4.73. The Balaban J connectivity index is 2.15. The number of nitrogens with one attached hydrogen (secondary N) is 1. The van der Waals surface area contributed by atoms with Gasteiger partial charge in [0.2, 0.25) is 15.9 Å². The molecule has 1 N–H and O–H groups in total. The molecule has 1 aromatic rings. The number of hydrogen-bond donors (Lipinski definition) is 1. The molecule has 1 fully saturated rings. The van der Waals surface area contributed by atoms with Gasteiger partial charge in [-0.2, -0.15) is 5.26 Å². The standard InChI is InChI=1S/C15H20N2O3S2/c16-10-4-5-12-22(19,20)17-14(18)15(8-2-1-3-9-15)13-7-6-11-21-13/h6-7,11H,1-5,8-9,12H2,(H,17,18). The number of hydrogen-bond acceptors (Lipinski definition) is 5. The lowest BCUT2D eigenvalue weighted by Crippen LogP contribution is -2.48. The molecule has 0 unspecified atom stereocenters. The Kier molecular flexibility index (Phi) is 5.59. The van der Waals surface area contributed by atoms with Gasteiger partial charge in [0, 0.05) is 11.3 Å². The molecule has 1 aliphatic rings. The van der Waals surface area contributed by atoms with Crippen molar-refractivity contribution >= 4 is 27.3 Å². The maximum absolute atomic E-state index is 12.7. The fourth-order valence-corrected chi connectivity index (χ4v) is 5.01. The molecule has 1 aliphatic carbocycles. The Labute approximate surface area is 135 Å². The Morgan fingerprint density at radius 3 is 2.68 bits per heavy atom. The van der Waals surface area contributed by atoms with Crippen molar-refractivity contribution in [3.63, 3.8) is 0 Å². The van der Waals surface area contributed by atoms with Crippen molar-refractivity contribution in [3.05, 3.63) is 22.4 Å². The van der Waals surface area contributed by atoms with E-state index >= 15 is 0 Å². The van der Waals surface area contributed by atoms with E-state index in [1.165, 1.54) is 11.3 Å². The fourth-order valence-electron chi connectivity index (χ4n) is 2.92. The van der Waals surface area contributed by atoms with Crippen molar-refractivity contribution in [2.24, 2.45) is 0 Å². The summed E-state index contributed by atoms with van der Waals surface area (Å²) >= 11 is 1.51. The first-order chi connectivity index (χ1) is 10.5. The quantitative estimate of drug-likeness (QED) is 0.807. The van der Waals surface area contributed by atoms with E-state index in [9.17, 15) is 13.2 Å². The van der Waals surface area contributed by atoms with Crippen LogP contribution in [0.25, 0.3) is 0 Å². The van der Waals surface area contributed by atoms with Crippen molar-refractivity contribution < 1.29 is 13.2 Å². The van der Waals surface area contributed by atoms with Gasteiger partial charge in [-0.05, 0) is 30.7 Å². The van der Waals surface area contributed by atoms with Crippen molar-refractivity contribution in [1.82, 2.24) is 4.72 Å². The normalized spacial score (nSPS) is 17.6. The highest BCUT2D eigenvalue weighted by molar-refractivity contribution is 7.90. The van der Waals surface area contributed by atoms with Crippen LogP contribution >= 0.6 is 11.3 Å². The minimum atomic E-state index is -3.68. The molecular formula is C15H20N2O3S2. The average Bonchev–Trinajstić information content (AvgIpc) is 3.02. The van der Waals surface area contributed by atoms with Crippen LogP contribution in [0.3, 0.4) is 0 Å². The van der Waals surface area contributed by atoms with Gasteiger partial charge in [0.05, 0.1) is 17.2 Å². The van der Waals surface area contributed by atoms with Crippen LogP contribution in [0, 0.1) is 11.3 Å². The number of amides is 1. The molecule has 0 atom stereocenters. The Hall–Kier alpha value is -1.39. The van der Waals surface area contributed by atoms with E-state index in [1.807, 2.05) is 23.6 Å². The molecular weight excluding hydrogens is 320 g/mol. The van der Waals surface area contributed by atoms with Crippen LogP contribution in [0.4, 0.5) is 0 Å². The zero-order valence-corrected chi connectivity index (χ0v) is 14.0. The van der Waals surface area contributed by atoms with Gasteiger partial charge in [-0.1, -0.05) is 25.3 Å². The van der Waals surface area contributed by atoms with E-state index in [2.05, 4.69) is 4.72 Å². The van der Waals surface area contributed by atoms with Gasteiger partial charge in [0.15, 0.2) is 0 Å². The van der Waals surface area contributed by atoms with Crippen LogP contribution in [0.2, 0.25) is 0 Å². The lowest BCUT2D eigenvalue weighted by molar-refractivity contribution is -0.126. The monoisotopic (exact) mass is 340 g/mol. The van der Waals surface area contributed by atoms with Crippen LogP contribution in [0.15, 0.2) is 17.5 Å². The molecule has 0 aliphatic heterocycles. The molecule has 1 saturated carbocycles. The van der Waals surface area contributed by atoms with Crippen LogP contribution in [-0.4, -0.2) is 20.1 Å². The second-order valence-electron chi connectivity index (χ2n) is 5.63. The molecule has 5 nitrogen and oxygen atoms in total. The first-order valence-electron chi connectivity index (χ1n) is 7.46. The van der Waals surface area contributed by atoms with Crippen molar-refractivity contribution in [2.75, 3.05) is 5.75 Å². The van der Waals surface area contributed by atoms with E-state index in [-0.39, 0.29) is 18.6 Å². The summed E-state index contributed by atoms with van der Waals surface area (Å²) < 4.78 is 26.3. The minimum Gasteiger partial charge on any atom is -0.273 e. The summed E-state index contributed by atoms with van der Waals surface area (Å²) in [6, 6.07) is 5.72. The highest BCUT2D eigenvalue weighted by Gasteiger charge is 2.43. The summed E-state index contributed by atoms with van der Waals surface area (Å²) in [7, 11) is -3.68. The number of unbranched alkanes of at least 4 members (excludes halogenated alkanes) is 1. The maximum Gasteiger partial charge on any atom is 0.244 e. The Morgan fingerprint density at radius 2 is 2.09 bits per heavy atom. The first kappa shape index (κ1) is 17.0. The first-order valence-corrected chi connectivity index (χ1v) is 9.99. The van der Waals surface area contributed by atoms with Crippen molar-refractivity contribution in [1.29, 1.82) is 5.26 Å². The van der Waals surface area contributed by atoms with Gasteiger partial charge >= 0.3 is 0 Å². The molecule has 0 saturated heterocycles. The number of carbonyl (C=O) groups is 1. The summed E-state index contributed by atoms with van der Waals surface area (Å²) in [5.74, 6) is -0.598. The smallest absolute Gasteiger partial charge is 0.244 e. The highest BCUT2D eigenvalue weighted by Crippen LogP contribution is 2.41. The number of thiophene rings is 1. The van der Waals surface area contributed by atoms with E-state index < -0.39 is 21.3 Å². The number of nitrogens with zero attached hydrogens (tertiary/aromatic N) is 1. The molecule has 0 aromatic carbocycles. The molecule has 1 heterocycles. The zero-order valence-electron chi connectivity index (χ0n) is 12.4. The summed E-state index contributed by atoms with van der Waals surface area (Å²) in [4.78, 5) is 13.7. The summed E-state index contributed by atoms with van der Waals surface area (Å²) in [5.41, 5.74) is -0.714. The van der Waals surface area contributed by atoms with E-state index in [0.29, 0.717) is 12.8 Å². The topological polar surface area (TPSA) is 87.0 Å². The second-order valence-corrected chi connectivity index (χ2v) is 8.42. The van der Waals surface area contributed by atoms with Crippen molar-refractivity contribution in [2.45, 2.75) is 50.4 Å². The van der Waals surface area contributed by atoms with Gasteiger partial charge in [-0.15, -0.1) is 11.3 Å². The van der Waals surface area contributed by atoms with E-state index in [1.54, 1.807) is 0 Å². The van der Waals surface area contributed by atoms with Gasteiger partial charge in [-0.3, -0.25) is 9.52 Å². The molecule has 0 radical (unpaired) electrons.